The molecule has 0 bridgehead atoms. The molecule has 0 spiro atoms. The van der Waals surface area contributed by atoms with Gasteiger partial charge in [0.15, 0.2) is 11.5 Å². The molecule has 0 aliphatic rings. The van der Waals surface area contributed by atoms with Crippen LogP contribution in [0.5, 0.6) is 11.5 Å². The maximum Gasteiger partial charge on any atom is 0.160 e. The van der Waals surface area contributed by atoms with Crippen molar-refractivity contribution in [1.82, 2.24) is 0 Å². The average Bonchev–Trinajstić information content (AvgIpc) is 2.74. The monoisotopic (exact) mass is 403 g/mol. The Morgan fingerprint density at radius 1 is 0.759 bits per heavy atom. The molecule has 0 aliphatic heterocycles. The van der Waals surface area contributed by atoms with Crippen molar-refractivity contribution in [1.29, 1.82) is 0 Å². The molecule has 3 nitrogen and oxygen atoms in total. The van der Waals surface area contributed by atoms with Gasteiger partial charge in [-0.2, -0.15) is 0 Å². The fraction of sp³-hybridized carbons (Fsp3) is 0.692. The molecular weight excluding hydrogens is 358 g/mol. The van der Waals surface area contributed by atoms with Crippen LogP contribution in [-0.4, -0.2) is 18.8 Å². The van der Waals surface area contributed by atoms with E-state index in [1.54, 1.807) is 13.2 Å². The second kappa shape index (κ2) is 18.5. The number of rotatable bonds is 19. The number of aromatic hydroxyl groups is 1. The zero-order valence-corrected chi connectivity index (χ0v) is 18.8. The molecule has 0 aliphatic carbocycles. The maximum atomic E-state index is 9.63. The molecule has 0 amide bonds. The summed E-state index contributed by atoms with van der Waals surface area (Å²) in [6, 6.07) is 5.68. The van der Waals surface area contributed by atoms with Crippen LogP contribution < -0.4 is 10.5 Å². The predicted molar refractivity (Wildman–Crippen MR) is 126 cm³/mol. The molecule has 3 N–H and O–H groups in total. The van der Waals surface area contributed by atoms with Crippen molar-refractivity contribution in [2.75, 3.05) is 13.7 Å². The molecule has 166 valence electrons. The smallest absolute Gasteiger partial charge is 0.160 e. The van der Waals surface area contributed by atoms with Gasteiger partial charge in [0.2, 0.25) is 0 Å². The van der Waals surface area contributed by atoms with Gasteiger partial charge in [0.1, 0.15) is 0 Å². The predicted octanol–water partition coefficient (Wildman–Crippen LogP) is 7.31. The average molecular weight is 404 g/mol. The van der Waals surface area contributed by atoms with Crippen LogP contribution in [0.4, 0.5) is 0 Å². The van der Waals surface area contributed by atoms with E-state index in [9.17, 15) is 5.11 Å². The fourth-order valence-electron chi connectivity index (χ4n) is 3.70. The summed E-state index contributed by atoms with van der Waals surface area (Å²) in [4.78, 5) is 0. The molecule has 1 rings (SSSR count). The Hall–Kier alpha value is -1.48. The minimum atomic E-state index is 0.222. The normalized spacial score (nSPS) is 11.4. The van der Waals surface area contributed by atoms with Crippen LogP contribution in [0.1, 0.15) is 102 Å². The van der Waals surface area contributed by atoms with Crippen molar-refractivity contribution in [2.24, 2.45) is 5.73 Å². The van der Waals surface area contributed by atoms with E-state index >= 15 is 0 Å². The van der Waals surface area contributed by atoms with Crippen molar-refractivity contribution < 1.29 is 9.84 Å². The summed E-state index contributed by atoms with van der Waals surface area (Å²) in [5, 5.41) is 9.63. The van der Waals surface area contributed by atoms with Crippen LogP contribution in [-0.2, 0) is 6.42 Å². The zero-order chi connectivity index (χ0) is 21.0. The van der Waals surface area contributed by atoms with Crippen LogP contribution >= 0.6 is 0 Å². The highest BCUT2D eigenvalue weighted by Gasteiger charge is 2.02. The first-order valence-corrected chi connectivity index (χ1v) is 12.0. The number of methoxy groups -OCH3 is 1. The van der Waals surface area contributed by atoms with Gasteiger partial charge in [0.25, 0.3) is 0 Å². The highest BCUT2D eigenvalue weighted by Crippen LogP contribution is 2.27. The first kappa shape index (κ1) is 25.6. The third kappa shape index (κ3) is 14.2. The van der Waals surface area contributed by atoms with Gasteiger partial charge < -0.3 is 15.6 Å². The summed E-state index contributed by atoms with van der Waals surface area (Å²) >= 11 is 0. The molecule has 0 saturated carbocycles. The Morgan fingerprint density at radius 3 is 1.83 bits per heavy atom. The molecule has 29 heavy (non-hydrogen) atoms. The topological polar surface area (TPSA) is 55.5 Å². The van der Waals surface area contributed by atoms with E-state index in [0.717, 1.165) is 13.0 Å². The van der Waals surface area contributed by atoms with Gasteiger partial charge in [-0.25, -0.2) is 0 Å². The summed E-state index contributed by atoms with van der Waals surface area (Å²) in [5.74, 6) is 0.801. The quantitative estimate of drug-likeness (QED) is 0.188. The van der Waals surface area contributed by atoms with E-state index < -0.39 is 0 Å². The van der Waals surface area contributed by atoms with Crippen molar-refractivity contribution >= 4 is 0 Å². The Balaban J connectivity index is 1.84. The van der Waals surface area contributed by atoms with E-state index in [-0.39, 0.29) is 5.75 Å². The van der Waals surface area contributed by atoms with Crippen molar-refractivity contribution in [3.63, 3.8) is 0 Å². The van der Waals surface area contributed by atoms with Crippen LogP contribution in [0.2, 0.25) is 0 Å². The van der Waals surface area contributed by atoms with E-state index in [2.05, 4.69) is 12.2 Å². The molecule has 3 heteroatoms. The van der Waals surface area contributed by atoms with Crippen molar-refractivity contribution in [3.8, 4) is 11.5 Å². The maximum absolute atomic E-state index is 9.63. The number of unbranched alkanes of at least 4 members (excludes halogenated alkanes) is 13. The lowest BCUT2D eigenvalue weighted by atomic mass is 10.0. The van der Waals surface area contributed by atoms with Gasteiger partial charge in [-0.15, -0.1) is 0 Å². The summed E-state index contributed by atoms with van der Waals surface area (Å²) in [6.07, 6.45) is 25.5. The minimum Gasteiger partial charge on any atom is -0.504 e. The van der Waals surface area contributed by atoms with Gasteiger partial charge in [0.05, 0.1) is 7.11 Å². The van der Waals surface area contributed by atoms with Crippen LogP contribution in [0.25, 0.3) is 0 Å². The Labute approximate surface area is 179 Å². The Bertz CT molecular complexity index is 527. The van der Waals surface area contributed by atoms with Gasteiger partial charge in [-0.1, -0.05) is 76.0 Å². The molecule has 1 aromatic carbocycles. The van der Waals surface area contributed by atoms with E-state index in [4.69, 9.17) is 10.5 Å². The van der Waals surface area contributed by atoms with Crippen LogP contribution in [0.15, 0.2) is 30.4 Å². The fourth-order valence-corrected chi connectivity index (χ4v) is 3.70. The number of hydrogen-bond donors (Lipinski definition) is 2. The van der Waals surface area contributed by atoms with Crippen molar-refractivity contribution in [2.45, 2.75) is 103 Å². The first-order chi connectivity index (χ1) is 14.3. The summed E-state index contributed by atoms with van der Waals surface area (Å²) < 4.78 is 5.17. The molecule has 0 radical (unpaired) electrons. The third-order valence-corrected chi connectivity index (χ3v) is 5.57. The number of nitrogens with two attached hydrogens (primary N) is 1. The number of allylic oxidation sites excluding steroid dienone is 2. The summed E-state index contributed by atoms with van der Waals surface area (Å²) in [7, 11) is 1.60. The lowest BCUT2D eigenvalue weighted by Crippen LogP contribution is -1.97. The molecule has 0 aromatic heterocycles. The second-order valence-corrected chi connectivity index (χ2v) is 8.19. The largest absolute Gasteiger partial charge is 0.504 e. The first-order valence-electron chi connectivity index (χ1n) is 12.0. The number of hydrogen-bond acceptors (Lipinski definition) is 3. The molecule has 0 saturated heterocycles. The Kier molecular flexibility index (Phi) is 16.3. The number of aryl methyl sites for hydroxylation is 1. The molecular formula is C26H45NO2. The molecule has 1 aromatic rings. The number of ether oxygens (including phenoxy) is 1. The third-order valence-electron chi connectivity index (χ3n) is 5.57. The lowest BCUT2D eigenvalue weighted by molar-refractivity contribution is 0.373. The molecule has 0 fully saturated rings. The summed E-state index contributed by atoms with van der Waals surface area (Å²) in [5.41, 5.74) is 6.76. The van der Waals surface area contributed by atoms with Gasteiger partial charge in [-0.05, 0) is 69.2 Å². The standard InChI is InChI=1S/C26H45NO2/c1-29-26-23-24(20-21-25(26)28)19-17-15-13-11-9-7-5-3-2-4-6-8-10-12-14-16-18-22-27/h2,4,20-21,23,28H,3,5-19,22,27H2,1H3. The van der Waals surface area contributed by atoms with Crippen molar-refractivity contribution in [3.05, 3.63) is 35.9 Å². The van der Waals surface area contributed by atoms with Gasteiger partial charge >= 0.3 is 0 Å². The highest BCUT2D eigenvalue weighted by atomic mass is 16.5. The van der Waals surface area contributed by atoms with E-state index in [1.165, 1.54) is 102 Å². The highest BCUT2D eigenvalue weighted by molar-refractivity contribution is 5.41. The second-order valence-electron chi connectivity index (χ2n) is 8.19. The molecule has 0 unspecified atom stereocenters. The number of phenolic OH excluding ortho intramolecular Hbond substituents is 1. The Morgan fingerprint density at radius 2 is 1.28 bits per heavy atom. The minimum absolute atomic E-state index is 0.222. The van der Waals surface area contributed by atoms with E-state index in [0.29, 0.717) is 5.75 Å². The SMILES string of the molecule is COc1cc(CCCCCCCCCC=CCCCCCCCCN)ccc1O. The van der Waals surface area contributed by atoms with Crippen LogP contribution in [0, 0.1) is 0 Å². The number of benzene rings is 1. The molecule has 0 heterocycles. The molecule has 0 atom stereocenters. The number of phenols is 1. The zero-order valence-electron chi connectivity index (χ0n) is 18.8. The lowest BCUT2D eigenvalue weighted by Gasteiger charge is -2.06. The van der Waals surface area contributed by atoms with Gasteiger partial charge in [-0.3, -0.25) is 0 Å². The van der Waals surface area contributed by atoms with Crippen LogP contribution in [0.3, 0.4) is 0 Å². The van der Waals surface area contributed by atoms with Gasteiger partial charge in [0, 0.05) is 0 Å². The van der Waals surface area contributed by atoms with E-state index in [1.807, 2.05) is 12.1 Å². The summed E-state index contributed by atoms with van der Waals surface area (Å²) in [6.45, 7) is 0.847.